The molecule has 0 spiro atoms. The molecule has 0 aliphatic carbocycles. The van der Waals surface area contributed by atoms with Crippen LogP contribution in [0.4, 0.5) is 17.1 Å². The molecular weight excluding hydrogens is 591 g/mol. The second-order valence-electron chi connectivity index (χ2n) is 10.6. The second-order valence-corrected chi connectivity index (χ2v) is 10.6. The van der Waals surface area contributed by atoms with E-state index < -0.39 is 0 Å². The number of anilines is 3. The normalized spacial score (nSPS) is 9.47. The van der Waals surface area contributed by atoms with Crippen molar-refractivity contribution in [1.82, 2.24) is 0 Å². The fraction of sp³-hybridized carbons (Fsp3) is 0.167. The molecule has 0 aliphatic heterocycles. The summed E-state index contributed by atoms with van der Waals surface area (Å²) in [5.41, 5.74) is 11.1. The van der Waals surface area contributed by atoms with Gasteiger partial charge >= 0.3 is 0 Å². The molecule has 0 N–H and O–H groups in total. The zero-order valence-corrected chi connectivity index (χ0v) is 29.2. The van der Waals surface area contributed by atoms with Gasteiger partial charge in [0, 0.05) is 17.1 Å². The van der Waals surface area contributed by atoms with E-state index in [9.17, 15) is 0 Å². The summed E-state index contributed by atoms with van der Waals surface area (Å²) in [5, 5.41) is 0. The first-order chi connectivity index (χ1) is 23.7. The average molecular weight is 646 g/mol. The molecule has 0 atom stereocenters. The van der Waals surface area contributed by atoms with Gasteiger partial charge < -0.3 is 4.90 Å². The molecule has 1 nitrogen and oxygen atoms in total. The Balaban J connectivity index is 0.000000852. The first-order valence-corrected chi connectivity index (χ1v) is 17.2. The molecule has 0 fully saturated rings. The summed E-state index contributed by atoms with van der Waals surface area (Å²) in [5.74, 6) is 0. The third-order valence-electron chi connectivity index (χ3n) is 7.60. The fourth-order valence-electron chi connectivity index (χ4n) is 5.27. The quantitative estimate of drug-likeness (QED) is 0.134. The third-order valence-corrected chi connectivity index (χ3v) is 7.60. The van der Waals surface area contributed by atoms with E-state index in [1.54, 1.807) is 12.2 Å². The van der Waals surface area contributed by atoms with E-state index in [-0.39, 0.29) is 7.43 Å². The summed E-state index contributed by atoms with van der Waals surface area (Å²) in [7, 11) is 0. The highest BCUT2D eigenvalue weighted by molar-refractivity contribution is 5.79. The highest BCUT2D eigenvalue weighted by Gasteiger charge is 2.13. The Kier molecular flexibility index (Phi) is 18.7. The monoisotopic (exact) mass is 645 g/mol. The molecular formula is C48H55N. The lowest BCUT2D eigenvalue weighted by atomic mass is 10.0. The average Bonchev–Trinajstić information content (AvgIpc) is 3.19. The largest absolute Gasteiger partial charge is 0.311 e. The van der Waals surface area contributed by atoms with Crippen LogP contribution in [0.1, 0.15) is 52.7 Å². The standard InChI is InChI=1S/C39H33N.C4H6.2C2H6.CH4/c1-4-11-31(12-5-1)13-10-14-32-19-25-37(26-20-32)40(38-27-21-35(22-28-38)33-15-6-2-7-16-33)39-29-23-36(24-30-39)34-17-8-3-9-18-34;1-3-4-2;2*1-2;/h1-9,11-12,15-30H,10,13-14H2;3-4H,1-2H2;2*1-2H3;1H4. The molecule has 6 aromatic carbocycles. The minimum atomic E-state index is 0. The Hall–Kier alpha value is -5.40. The van der Waals surface area contributed by atoms with E-state index in [1.807, 2.05) is 27.7 Å². The minimum absolute atomic E-state index is 0. The summed E-state index contributed by atoms with van der Waals surface area (Å²) >= 11 is 0. The summed E-state index contributed by atoms with van der Waals surface area (Å²) in [4.78, 5) is 2.34. The molecule has 1 heteroatoms. The summed E-state index contributed by atoms with van der Waals surface area (Å²) in [6.07, 6.45) is 6.61. The van der Waals surface area contributed by atoms with Gasteiger partial charge in [0.15, 0.2) is 0 Å². The van der Waals surface area contributed by atoms with Crippen LogP contribution in [0.3, 0.4) is 0 Å². The van der Waals surface area contributed by atoms with Crippen molar-refractivity contribution in [2.75, 3.05) is 4.90 Å². The molecule has 0 aromatic heterocycles. The van der Waals surface area contributed by atoms with Crippen LogP contribution in [0.25, 0.3) is 22.3 Å². The van der Waals surface area contributed by atoms with Crippen molar-refractivity contribution >= 4 is 17.1 Å². The first-order valence-electron chi connectivity index (χ1n) is 17.2. The Labute approximate surface area is 298 Å². The molecule has 0 bridgehead atoms. The minimum Gasteiger partial charge on any atom is -0.311 e. The van der Waals surface area contributed by atoms with E-state index in [0.29, 0.717) is 0 Å². The molecule has 6 rings (SSSR count). The van der Waals surface area contributed by atoms with Crippen LogP contribution in [0.2, 0.25) is 0 Å². The molecule has 0 aliphatic rings. The zero-order valence-electron chi connectivity index (χ0n) is 29.2. The maximum Gasteiger partial charge on any atom is 0.0462 e. The lowest BCUT2D eigenvalue weighted by Gasteiger charge is -2.26. The van der Waals surface area contributed by atoms with Gasteiger partial charge in [-0.2, -0.15) is 0 Å². The maximum atomic E-state index is 3.36. The molecule has 0 heterocycles. The third kappa shape index (κ3) is 12.3. The molecule has 49 heavy (non-hydrogen) atoms. The fourth-order valence-corrected chi connectivity index (χ4v) is 5.27. The van der Waals surface area contributed by atoms with Crippen molar-refractivity contribution < 1.29 is 0 Å². The summed E-state index contributed by atoms with van der Waals surface area (Å²) < 4.78 is 0. The number of aryl methyl sites for hydroxylation is 2. The predicted molar refractivity (Wildman–Crippen MR) is 220 cm³/mol. The molecule has 0 radical (unpaired) electrons. The lowest BCUT2D eigenvalue weighted by molar-refractivity contribution is 0.821. The van der Waals surface area contributed by atoms with Crippen LogP contribution in [0, 0.1) is 0 Å². The number of benzene rings is 6. The SMILES string of the molecule is C.C=CC=C.CC.CC.c1ccc(CCCc2ccc(N(c3ccc(-c4ccccc4)cc3)c3ccc(-c4ccccc4)cc3)cc2)cc1. The van der Waals surface area contributed by atoms with Crippen LogP contribution < -0.4 is 4.90 Å². The van der Waals surface area contributed by atoms with E-state index in [2.05, 4.69) is 182 Å². The van der Waals surface area contributed by atoms with Crippen molar-refractivity contribution in [3.8, 4) is 22.3 Å². The van der Waals surface area contributed by atoms with Gasteiger partial charge in [-0.1, -0.05) is 188 Å². The van der Waals surface area contributed by atoms with Crippen molar-refractivity contribution in [2.24, 2.45) is 0 Å². The Morgan fingerprint density at radius 2 is 0.673 bits per heavy atom. The number of hydrogen-bond donors (Lipinski definition) is 0. The smallest absolute Gasteiger partial charge is 0.0462 e. The van der Waals surface area contributed by atoms with Crippen molar-refractivity contribution in [1.29, 1.82) is 0 Å². The lowest BCUT2D eigenvalue weighted by Crippen LogP contribution is -2.10. The maximum absolute atomic E-state index is 3.36. The number of allylic oxidation sites excluding steroid dienone is 2. The van der Waals surface area contributed by atoms with Gasteiger partial charge in [0.2, 0.25) is 0 Å². The van der Waals surface area contributed by atoms with Crippen LogP contribution in [-0.4, -0.2) is 0 Å². The van der Waals surface area contributed by atoms with Crippen LogP contribution in [0.5, 0.6) is 0 Å². The predicted octanol–water partition coefficient (Wildman–Crippen LogP) is 14.7. The van der Waals surface area contributed by atoms with E-state index in [4.69, 9.17) is 0 Å². The van der Waals surface area contributed by atoms with Crippen molar-refractivity contribution in [3.63, 3.8) is 0 Å². The summed E-state index contributed by atoms with van der Waals surface area (Å²) in [6.45, 7) is 14.7. The van der Waals surface area contributed by atoms with Gasteiger partial charge in [0.1, 0.15) is 0 Å². The highest BCUT2D eigenvalue weighted by Crippen LogP contribution is 2.37. The van der Waals surface area contributed by atoms with Gasteiger partial charge in [-0.15, -0.1) is 0 Å². The molecule has 0 saturated heterocycles. The van der Waals surface area contributed by atoms with Gasteiger partial charge in [-0.3, -0.25) is 0 Å². The first kappa shape index (κ1) is 39.8. The van der Waals surface area contributed by atoms with Crippen LogP contribution >= 0.6 is 0 Å². The molecule has 0 saturated carbocycles. The molecule has 252 valence electrons. The second kappa shape index (κ2) is 23.0. The number of rotatable bonds is 10. The highest BCUT2D eigenvalue weighted by atomic mass is 15.1. The topological polar surface area (TPSA) is 3.24 Å². The van der Waals surface area contributed by atoms with Crippen LogP contribution in [-0.2, 0) is 12.8 Å². The van der Waals surface area contributed by atoms with Crippen molar-refractivity contribution in [3.05, 3.63) is 200 Å². The van der Waals surface area contributed by atoms with Crippen LogP contribution in [0.15, 0.2) is 189 Å². The zero-order chi connectivity index (χ0) is 34.4. The van der Waals surface area contributed by atoms with E-state index >= 15 is 0 Å². The Morgan fingerprint density at radius 1 is 0.388 bits per heavy atom. The number of nitrogens with zero attached hydrogens (tertiary/aromatic N) is 1. The Bertz CT molecular complexity index is 1610. The molecule has 0 unspecified atom stereocenters. The van der Waals surface area contributed by atoms with Gasteiger partial charge in [0.05, 0.1) is 0 Å². The van der Waals surface area contributed by atoms with Gasteiger partial charge in [-0.25, -0.2) is 0 Å². The van der Waals surface area contributed by atoms with Gasteiger partial charge in [0.25, 0.3) is 0 Å². The van der Waals surface area contributed by atoms with E-state index in [1.165, 1.54) is 33.4 Å². The van der Waals surface area contributed by atoms with Crippen molar-refractivity contribution in [2.45, 2.75) is 54.4 Å². The molecule has 0 amide bonds. The summed E-state index contributed by atoms with van der Waals surface area (Å²) in [6, 6.07) is 58.7. The van der Waals surface area contributed by atoms with Gasteiger partial charge in [-0.05, 0) is 89.0 Å². The number of hydrogen-bond acceptors (Lipinski definition) is 1. The molecule has 6 aromatic rings. The Morgan fingerprint density at radius 3 is 1.02 bits per heavy atom. The van der Waals surface area contributed by atoms with E-state index in [0.717, 1.165) is 36.3 Å².